The van der Waals surface area contributed by atoms with Gasteiger partial charge in [0.05, 0.1) is 12.2 Å². The summed E-state index contributed by atoms with van der Waals surface area (Å²) in [6.45, 7) is 17.9. The van der Waals surface area contributed by atoms with Gasteiger partial charge in [-0.2, -0.15) is 0 Å². The van der Waals surface area contributed by atoms with Crippen LogP contribution >= 0.6 is 0 Å². The van der Waals surface area contributed by atoms with Gasteiger partial charge in [0, 0.05) is 29.0 Å². The third-order valence-electron chi connectivity index (χ3n) is 4.57. The molecule has 0 aromatic carbocycles. The topological polar surface area (TPSA) is 38.7 Å². The van der Waals surface area contributed by atoms with E-state index in [0.29, 0.717) is 13.0 Å². The van der Waals surface area contributed by atoms with E-state index in [9.17, 15) is 5.11 Å². The SMILES string of the molecule is C=C1[C@H](O)C[C@@H]2O[Si](C(C)(C)C)(C(C)(C)C)OC[C@@H]12. The first-order valence-corrected chi connectivity index (χ1v) is 9.00. The second kappa shape index (κ2) is 4.42. The Kier molecular flexibility index (Phi) is 3.54. The monoisotopic (exact) mass is 284 g/mol. The van der Waals surface area contributed by atoms with E-state index in [4.69, 9.17) is 8.85 Å². The normalized spacial score (nSPS) is 35.3. The molecule has 0 aromatic heterocycles. The van der Waals surface area contributed by atoms with E-state index in [1.807, 2.05) is 0 Å². The molecule has 1 saturated heterocycles. The predicted molar refractivity (Wildman–Crippen MR) is 79.3 cm³/mol. The van der Waals surface area contributed by atoms with E-state index in [1.165, 1.54) is 0 Å². The van der Waals surface area contributed by atoms with Gasteiger partial charge in [-0.15, -0.1) is 0 Å². The van der Waals surface area contributed by atoms with Crippen LogP contribution in [-0.4, -0.2) is 32.5 Å². The van der Waals surface area contributed by atoms with Crippen molar-refractivity contribution in [1.82, 2.24) is 0 Å². The summed E-state index contributed by atoms with van der Waals surface area (Å²) in [5, 5.41) is 9.99. The van der Waals surface area contributed by atoms with Crippen LogP contribution in [0.25, 0.3) is 0 Å². The van der Waals surface area contributed by atoms with Gasteiger partial charge in [0.25, 0.3) is 0 Å². The fourth-order valence-corrected chi connectivity index (χ4v) is 8.72. The van der Waals surface area contributed by atoms with Crippen molar-refractivity contribution in [2.24, 2.45) is 5.92 Å². The Bertz CT molecular complexity index is 364. The summed E-state index contributed by atoms with van der Waals surface area (Å²) < 4.78 is 12.9. The molecule has 2 aliphatic rings. The van der Waals surface area contributed by atoms with E-state index < -0.39 is 14.7 Å². The Morgan fingerprint density at radius 1 is 1.16 bits per heavy atom. The van der Waals surface area contributed by atoms with Crippen LogP contribution in [0.5, 0.6) is 0 Å². The van der Waals surface area contributed by atoms with Gasteiger partial charge in [0.2, 0.25) is 0 Å². The lowest BCUT2D eigenvalue weighted by atomic mass is 10.0. The molecule has 1 aliphatic carbocycles. The molecule has 0 aromatic rings. The predicted octanol–water partition coefficient (Wildman–Crippen LogP) is 3.38. The van der Waals surface area contributed by atoms with Gasteiger partial charge in [0.15, 0.2) is 0 Å². The van der Waals surface area contributed by atoms with E-state index in [1.54, 1.807) is 0 Å². The lowest BCUT2D eigenvalue weighted by molar-refractivity contribution is -0.00382. The quantitative estimate of drug-likeness (QED) is 0.547. The van der Waals surface area contributed by atoms with Crippen molar-refractivity contribution in [3.8, 4) is 0 Å². The van der Waals surface area contributed by atoms with Crippen LogP contribution in [0.4, 0.5) is 0 Å². The molecule has 3 nitrogen and oxygen atoms in total. The third-order valence-corrected chi connectivity index (χ3v) is 9.72. The molecule has 110 valence electrons. The molecular weight excluding hydrogens is 256 g/mol. The molecule has 1 N–H and O–H groups in total. The molecule has 1 saturated carbocycles. The largest absolute Gasteiger partial charge is 0.393 e. The van der Waals surface area contributed by atoms with Crippen molar-refractivity contribution >= 4 is 8.56 Å². The third kappa shape index (κ3) is 2.23. The number of aliphatic hydroxyl groups is 1. The van der Waals surface area contributed by atoms with Crippen molar-refractivity contribution in [3.63, 3.8) is 0 Å². The van der Waals surface area contributed by atoms with Crippen molar-refractivity contribution in [2.45, 2.75) is 70.2 Å². The van der Waals surface area contributed by atoms with Crippen molar-refractivity contribution in [1.29, 1.82) is 0 Å². The first-order chi connectivity index (χ1) is 8.49. The molecule has 4 heteroatoms. The Morgan fingerprint density at radius 3 is 2.16 bits per heavy atom. The van der Waals surface area contributed by atoms with Crippen LogP contribution in [0.3, 0.4) is 0 Å². The van der Waals surface area contributed by atoms with Crippen LogP contribution in [-0.2, 0) is 8.85 Å². The lowest BCUT2D eigenvalue weighted by Crippen LogP contribution is -2.62. The fraction of sp³-hybridized carbons (Fsp3) is 0.867. The molecule has 19 heavy (non-hydrogen) atoms. The standard InChI is InChI=1S/C15H28O3Si/c1-10-11-9-17-19(14(2,3)4,15(5,6)7)18-13(11)8-12(10)16/h11-13,16H,1,8-9H2,2-7H3/t11-,12+,13-/m0/s1. The van der Waals surface area contributed by atoms with Gasteiger partial charge in [-0.05, 0) is 5.57 Å². The van der Waals surface area contributed by atoms with Gasteiger partial charge in [-0.1, -0.05) is 48.1 Å². The van der Waals surface area contributed by atoms with Gasteiger partial charge >= 0.3 is 8.56 Å². The van der Waals surface area contributed by atoms with Crippen molar-refractivity contribution in [2.75, 3.05) is 6.61 Å². The van der Waals surface area contributed by atoms with Gasteiger partial charge < -0.3 is 14.0 Å². The summed E-state index contributed by atoms with van der Waals surface area (Å²) in [7, 11) is -2.38. The summed E-state index contributed by atoms with van der Waals surface area (Å²) >= 11 is 0. The average Bonchev–Trinajstić information content (AvgIpc) is 2.51. The zero-order valence-corrected chi connectivity index (χ0v) is 14.1. The number of fused-ring (bicyclic) bond motifs is 1. The highest BCUT2D eigenvalue weighted by Crippen LogP contribution is 2.56. The zero-order valence-electron chi connectivity index (χ0n) is 13.1. The molecule has 0 bridgehead atoms. The van der Waals surface area contributed by atoms with Gasteiger partial charge in [-0.3, -0.25) is 0 Å². The molecule has 0 spiro atoms. The highest BCUT2D eigenvalue weighted by molar-refractivity contribution is 6.73. The molecule has 0 radical (unpaired) electrons. The van der Waals surface area contributed by atoms with Gasteiger partial charge in [0.1, 0.15) is 0 Å². The molecule has 3 atom stereocenters. The maximum absolute atomic E-state index is 9.98. The first kappa shape index (κ1) is 15.2. The summed E-state index contributed by atoms with van der Waals surface area (Å²) in [4.78, 5) is 0. The molecule has 2 fully saturated rings. The molecule has 2 rings (SSSR count). The summed E-state index contributed by atoms with van der Waals surface area (Å²) in [5.41, 5.74) is 0.885. The molecule has 0 unspecified atom stereocenters. The minimum absolute atomic E-state index is 0.00506. The molecular formula is C15H28O3Si. The minimum Gasteiger partial charge on any atom is -0.393 e. The molecule has 1 aliphatic heterocycles. The Morgan fingerprint density at radius 2 is 1.68 bits per heavy atom. The number of hydrogen-bond donors (Lipinski definition) is 1. The number of aliphatic hydroxyl groups excluding tert-OH is 1. The van der Waals surface area contributed by atoms with Crippen LogP contribution in [0.1, 0.15) is 48.0 Å². The fourth-order valence-electron chi connectivity index (χ4n) is 3.73. The highest BCUT2D eigenvalue weighted by Gasteiger charge is 2.63. The van der Waals surface area contributed by atoms with Crippen LogP contribution in [0, 0.1) is 5.92 Å². The maximum Gasteiger partial charge on any atom is 0.349 e. The summed E-state index contributed by atoms with van der Waals surface area (Å²) in [6.07, 6.45) is 0.332. The summed E-state index contributed by atoms with van der Waals surface area (Å²) in [5.74, 6) is 0.167. The zero-order chi connectivity index (χ0) is 14.6. The van der Waals surface area contributed by atoms with E-state index in [2.05, 4.69) is 48.1 Å². The molecule has 0 amide bonds. The van der Waals surface area contributed by atoms with E-state index in [0.717, 1.165) is 5.57 Å². The smallest absolute Gasteiger partial charge is 0.349 e. The average molecular weight is 284 g/mol. The Labute approximate surface area is 118 Å². The van der Waals surface area contributed by atoms with Gasteiger partial charge in [-0.25, -0.2) is 0 Å². The minimum atomic E-state index is -2.38. The number of rotatable bonds is 0. The van der Waals surface area contributed by atoms with Crippen LogP contribution in [0.15, 0.2) is 12.2 Å². The van der Waals surface area contributed by atoms with Crippen LogP contribution in [0.2, 0.25) is 10.1 Å². The second-order valence-corrected chi connectivity index (χ2v) is 12.8. The van der Waals surface area contributed by atoms with E-state index in [-0.39, 0.29) is 22.1 Å². The Balaban J connectivity index is 2.33. The Hall–Kier alpha value is -0.163. The number of hydrogen-bond acceptors (Lipinski definition) is 3. The highest BCUT2D eigenvalue weighted by atomic mass is 28.4. The molecule has 1 heterocycles. The maximum atomic E-state index is 9.98. The van der Waals surface area contributed by atoms with Crippen molar-refractivity contribution in [3.05, 3.63) is 12.2 Å². The van der Waals surface area contributed by atoms with Crippen LogP contribution < -0.4 is 0 Å². The summed E-state index contributed by atoms with van der Waals surface area (Å²) in [6, 6.07) is 0. The lowest BCUT2D eigenvalue weighted by Gasteiger charge is -2.53. The first-order valence-electron chi connectivity index (χ1n) is 7.18. The second-order valence-electron chi connectivity index (χ2n) is 8.02. The van der Waals surface area contributed by atoms with E-state index >= 15 is 0 Å². The van der Waals surface area contributed by atoms with Crippen molar-refractivity contribution < 1.29 is 14.0 Å².